The summed E-state index contributed by atoms with van der Waals surface area (Å²) in [5.74, 6) is 5.60. The highest BCUT2D eigenvalue weighted by molar-refractivity contribution is 7.89. The average molecular weight is 273 g/mol. The zero-order chi connectivity index (χ0) is 13.8. The van der Waals surface area contributed by atoms with E-state index in [-0.39, 0.29) is 10.8 Å². The summed E-state index contributed by atoms with van der Waals surface area (Å²) in [7, 11) is -1.98. The van der Waals surface area contributed by atoms with Gasteiger partial charge in [0.2, 0.25) is 16.0 Å². The maximum atomic E-state index is 12.2. The third-order valence-electron chi connectivity index (χ3n) is 2.73. The van der Waals surface area contributed by atoms with Gasteiger partial charge in [0.05, 0.1) is 12.4 Å². The predicted molar refractivity (Wildman–Crippen MR) is 69.1 cm³/mol. The number of aromatic nitrogens is 2. The van der Waals surface area contributed by atoms with Crippen molar-refractivity contribution in [3.05, 3.63) is 12.4 Å². The van der Waals surface area contributed by atoms with E-state index < -0.39 is 10.0 Å². The Hall–Kier alpha value is -1.25. The second-order valence-corrected chi connectivity index (χ2v) is 6.23. The molecule has 0 fully saturated rings. The van der Waals surface area contributed by atoms with Gasteiger partial charge in [-0.05, 0) is 5.92 Å². The molecule has 3 N–H and O–H groups in total. The van der Waals surface area contributed by atoms with E-state index in [1.165, 1.54) is 16.7 Å². The Bertz CT molecular complexity index is 474. The molecule has 1 aromatic heterocycles. The summed E-state index contributed by atoms with van der Waals surface area (Å²) in [6, 6.07) is 0. The molecule has 0 radical (unpaired) electrons. The van der Waals surface area contributed by atoms with Gasteiger partial charge >= 0.3 is 0 Å². The van der Waals surface area contributed by atoms with E-state index in [1.54, 1.807) is 7.05 Å². The van der Waals surface area contributed by atoms with Gasteiger partial charge in [-0.3, -0.25) is 5.43 Å². The van der Waals surface area contributed by atoms with Gasteiger partial charge in [0, 0.05) is 13.6 Å². The van der Waals surface area contributed by atoms with Crippen molar-refractivity contribution < 1.29 is 8.42 Å². The second kappa shape index (κ2) is 6.07. The molecule has 0 aliphatic heterocycles. The van der Waals surface area contributed by atoms with Gasteiger partial charge in [0.1, 0.15) is 4.90 Å². The molecule has 0 amide bonds. The Morgan fingerprint density at radius 3 is 2.44 bits per heavy atom. The van der Waals surface area contributed by atoms with Crippen LogP contribution in [0.2, 0.25) is 0 Å². The van der Waals surface area contributed by atoms with Crippen LogP contribution in [0, 0.1) is 5.92 Å². The first kappa shape index (κ1) is 14.8. The smallest absolute Gasteiger partial charge is 0.245 e. The molecule has 0 saturated carbocycles. The molecule has 7 nitrogen and oxygen atoms in total. The van der Waals surface area contributed by atoms with Crippen LogP contribution in [0.1, 0.15) is 20.3 Å². The Kier molecular flexibility index (Phi) is 5.00. The van der Waals surface area contributed by atoms with Gasteiger partial charge in [-0.25, -0.2) is 28.5 Å². The highest BCUT2D eigenvalue weighted by Gasteiger charge is 2.22. The highest BCUT2D eigenvalue weighted by atomic mass is 32.2. The van der Waals surface area contributed by atoms with Gasteiger partial charge in [0.15, 0.2) is 0 Å². The standard InChI is InChI=1S/C10H19N5O2S/c1-4-8(2)7-15(3)18(16,17)9-5-12-10(14-11)13-6-9/h5-6,8H,4,7,11H2,1-3H3,(H,12,13,14). The van der Waals surface area contributed by atoms with Crippen LogP contribution in [0.15, 0.2) is 17.3 Å². The fourth-order valence-electron chi connectivity index (χ4n) is 1.37. The van der Waals surface area contributed by atoms with Crippen molar-refractivity contribution >= 4 is 16.0 Å². The van der Waals surface area contributed by atoms with E-state index in [1.807, 2.05) is 13.8 Å². The number of hydrazine groups is 1. The lowest BCUT2D eigenvalue weighted by atomic mass is 10.1. The third kappa shape index (κ3) is 3.37. The molecule has 0 saturated heterocycles. The van der Waals surface area contributed by atoms with Crippen LogP contribution >= 0.6 is 0 Å². The number of rotatable bonds is 6. The summed E-state index contributed by atoms with van der Waals surface area (Å²) < 4.78 is 25.7. The van der Waals surface area contributed by atoms with Crippen LogP contribution in [0.25, 0.3) is 0 Å². The fourth-order valence-corrected chi connectivity index (χ4v) is 2.55. The summed E-state index contributed by atoms with van der Waals surface area (Å²) in [6.45, 7) is 4.50. The zero-order valence-corrected chi connectivity index (χ0v) is 11.6. The maximum absolute atomic E-state index is 12.2. The first-order valence-electron chi connectivity index (χ1n) is 5.66. The minimum absolute atomic E-state index is 0.0623. The molecule has 18 heavy (non-hydrogen) atoms. The molecule has 0 aromatic carbocycles. The molecular weight excluding hydrogens is 254 g/mol. The van der Waals surface area contributed by atoms with E-state index in [9.17, 15) is 8.42 Å². The zero-order valence-electron chi connectivity index (χ0n) is 10.8. The van der Waals surface area contributed by atoms with Crippen molar-refractivity contribution in [3.8, 4) is 0 Å². The van der Waals surface area contributed by atoms with Crippen molar-refractivity contribution in [1.82, 2.24) is 14.3 Å². The first-order chi connectivity index (χ1) is 8.41. The summed E-state index contributed by atoms with van der Waals surface area (Å²) in [6.07, 6.45) is 3.40. The summed E-state index contributed by atoms with van der Waals surface area (Å²) in [5, 5.41) is 0. The number of nitrogens with zero attached hydrogens (tertiary/aromatic N) is 3. The van der Waals surface area contributed by atoms with E-state index in [4.69, 9.17) is 5.84 Å². The molecule has 0 aliphatic rings. The molecule has 1 unspecified atom stereocenters. The van der Waals surface area contributed by atoms with Crippen molar-refractivity contribution in [2.75, 3.05) is 19.0 Å². The topological polar surface area (TPSA) is 101 Å². The first-order valence-corrected chi connectivity index (χ1v) is 7.10. The molecular formula is C10H19N5O2S. The quantitative estimate of drug-likeness (QED) is 0.575. The molecule has 1 atom stereocenters. The van der Waals surface area contributed by atoms with Gasteiger partial charge in [0.25, 0.3) is 0 Å². The fraction of sp³-hybridized carbons (Fsp3) is 0.600. The Labute approximate surface area is 107 Å². The van der Waals surface area contributed by atoms with Gasteiger partial charge in [-0.2, -0.15) is 0 Å². The lowest BCUT2D eigenvalue weighted by molar-refractivity contribution is 0.393. The largest absolute Gasteiger partial charge is 0.292 e. The molecule has 0 bridgehead atoms. The molecule has 0 aliphatic carbocycles. The molecule has 1 heterocycles. The lowest BCUT2D eigenvalue weighted by Gasteiger charge is -2.20. The van der Waals surface area contributed by atoms with E-state index >= 15 is 0 Å². The monoisotopic (exact) mass is 273 g/mol. The van der Waals surface area contributed by atoms with Crippen LogP contribution in [0.4, 0.5) is 5.95 Å². The van der Waals surface area contributed by atoms with Crippen LogP contribution in [-0.2, 0) is 10.0 Å². The number of sulfonamides is 1. The lowest BCUT2D eigenvalue weighted by Crippen LogP contribution is -2.31. The second-order valence-electron chi connectivity index (χ2n) is 4.19. The SMILES string of the molecule is CCC(C)CN(C)S(=O)(=O)c1cnc(NN)nc1. The Morgan fingerprint density at radius 1 is 1.44 bits per heavy atom. The Morgan fingerprint density at radius 2 is 2.00 bits per heavy atom. The van der Waals surface area contributed by atoms with Gasteiger partial charge < -0.3 is 0 Å². The Balaban J connectivity index is 2.90. The van der Waals surface area contributed by atoms with E-state index in [0.29, 0.717) is 12.5 Å². The minimum atomic E-state index is -3.53. The number of nitrogens with one attached hydrogen (secondary N) is 1. The van der Waals surface area contributed by atoms with Gasteiger partial charge in [-0.1, -0.05) is 20.3 Å². The van der Waals surface area contributed by atoms with Crippen molar-refractivity contribution in [2.24, 2.45) is 11.8 Å². The van der Waals surface area contributed by atoms with Crippen molar-refractivity contribution in [3.63, 3.8) is 0 Å². The number of hydrogen-bond acceptors (Lipinski definition) is 6. The molecule has 102 valence electrons. The molecule has 8 heteroatoms. The third-order valence-corrected chi connectivity index (χ3v) is 4.51. The van der Waals surface area contributed by atoms with Crippen LogP contribution in [-0.4, -0.2) is 36.3 Å². The van der Waals surface area contributed by atoms with Crippen molar-refractivity contribution in [2.45, 2.75) is 25.2 Å². The summed E-state index contributed by atoms with van der Waals surface area (Å²) >= 11 is 0. The number of hydrogen-bond donors (Lipinski definition) is 2. The van der Waals surface area contributed by atoms with Crippen LogP contribution in [0.5, 0.6) is 0 Å². The van der Waals surface area contributed by atoms with Gasteiger partial charge in [-0.15, -0.1) is 0 Å². The molecule has 1 aromatic rings. The predicted octanol–water partition coefficient (Wildman–Crippen LogP) is 0.429. The minimum Gasteiger partial charge on any atom is -0.292 e. The number of anilines is 1. The highest BCUT2D eigenvalue weighted by Crippen LogP contribution is 2.15. The van der Waals surface area contributed by atoms with E-state index in [0.717, 1.165) is 6.42 Å². The maximum Gasteiger partial charge on any atom is 0.245 e. The van der Waals surface area contributed by atoms with Crippen molar-refractivity contribution in [1.29, 1.82) is 0 Å². The molecule has 0 spiro atoms. The van der Waals surface area contributed by atoms with E-state index in [2.05, 4.69) is 15.4 Å². The number of nitrogen functional groups attached to an aromatic ring is 1. The average Bonchev–Trinajstić information content (AvgIpc) is 2.38. The molecule has 1 rings (SSSR count). The normalized spacial score (nSPS) is 13.6. The summed E-state index contributed by atoms with van der Waals surface area (Å²) in [5.41, 5.74) is 2.25. The van der Waals surface area contributed by atoms with Crippen LogP contribution < -0.4 is 11.3 Å². The summed E-state index contributed by atoms with van der Waals surface area (Å²) in [4.78, 5) is 7.65. The number of nitrogens with two attached hydrogens (primary N) is 1. The van der Waals surface area contributed by atoms with Crippen LogP contribution in [0.3, 0.4) is 0 Å².